The Morgan fingerprint density at radius 3 is 2.67 bits per heavy atom. The van der Waals surface area contributed by atoms with Crippen LogP contribution in [0, 0.1) is 19.8 Å². The fraction of sp³-hybridized carbons (Fsp3) is 0.636. The van der Waals surface area contributed by atoms with Gasteiger partial charge in [-0.1, -0.05) is 0 Å². The van der Waals surface area contributed by atoms with E-state index in [2.05, 4.69) is 16.9 Å². The molecular formula is C11H17N3S. The first-order valence-corrected chi connectivity index (χ1v) is 6.16. The third-order valence-corrected chi connectivity index (χ3v) is 3.90. The quantitative estimate of drug-likeness (QED) is 0.632. The summed E-state index contributed by atoms with van der Waals surface area (Å²) in [7, 11) is 0. The Kier molecular flexibility index (Phi) is 2.78. The molecule has 0 radical (unpaired) electrons. The van der Waals surface area contributed by atoms with Crippen LogP contribution in [-0.4, -0.2) is 10.8 Å². The number of aryl methyl sites for hydroxylation is 2. The fourth-order valence-corrected chi connectivity index (χ4v) is 2.62. The van der Waals surface area contributed by atoms with E-state index in [4.69, 9.17) is 5.73 Å². The molecule has 1 heterocycles. The molecule has 82 valence electrons. The lowest BCUT2D eigenvalue weighted by Gasteiger charge is -2.06. The maximum absolute atomic E-state index is 5.91. The molecule has 1 aliphatic carbocycles. The molecule has 0 spiro atoms. The number of thiazole rings is 1. The lowest BCUT2D eigenvalue weighted by atomic mass is 10.2. The monoisotopic (exact) mass is 223 g/mol. The Morgan fingerprint density at radius 1 is 1.53 bits per heavy atom. The van der Waals surface area contributed by atoms with Gasteiger partial charge < -0.3 is 5.73 Å². The highest BCUT2D eigenvalue weighted by atomic mass is 32.1. The normalized spacial score (nSPS) is 19.3. The van der Waals surface area contributed by atoms with E-state index in [1.165, 1.54) is 17.7 Å². The van der Waals surface area contributed by atoms with Crippen molar-refractivity contribution in [1.82, 2.24) is 4.98 Å². The number of hydrogen-bond donors (Lipinski definition) is 1. The second-order valence-electron chi connectivity index (χ2n) is 4.19. The second kappa shape index (κ2) is 3.93. The summed E-state index contributed by atoms with van der Waals surface area (Å²) in [6, 6.07) is 0.164. The van der Waals surface area contributed by atoms with Crippen molar-refractivity contribution in [2.24, 2.45) is 16.6 Å². The number of aliphatic imine (C=N–C) groups is 1. The van der Waals surface area contributed by atoms with E-state index in [1.807, 2.05) is 13.8 Å². The predicted molar refractivity (Wildman–Crippen MR) is 64.3 cm³/mol. The number of rotatable bonds is 3. The fourth-order valence-electron chi connectivity index (χ4n) is 1.70. The lowest BCUT2D eigenvalue weighted by Crippen LogP contribution is -2.15. The van der Waals surface area contributed by atoms with Crippen molar-refractivity contribution in [3.8, 4) is 0 Å². The molecule has 1 unspecified atom stereocenters. The SMILES string of the molecule is Cc1nc(C)c(C(C)N=C(N)C2CC2)s1. The zero-order chi connectivity index (χ0) is 11.0. The van der Waals surface area contributed by atoms with Crippen LogP contribution in [0.4, 0.5) is 0 Å². The molecule has 1 aromatic rings. The molecular weight excluding hydrogens is 206 g/mol. The van der Waals surface area contributed by atoms with Crippen LogP contribution in [0.3, 0.4) is 0 Å². The van der Waals surface area contributed by atoms with E-state index in [1.54, 1.807) is 11.3 Å². The number of nitrogens with zero attached hydrogens (tertiary/aromatic N) is 2. The van der Waals surface area contributed by atoms with Crippen LogP contribution in [-0.2, 0) is 0 Å². The van der Waals surface area contributed by atoms with Gasteiger partial charge in [0.25, 0.3) is 0 Å². The van der Waals surface area contributed by atoms with Gasteiger partial charge in [-0.2, -0.15) is 0 Å². The number of amidine groups is 1. The first-order chi connectivity index (χ1) is 7.08. The van der Waals surface area contributed by atoms with Crippen LogP contribution in [0.15, 0.2) is 4.99 Å². The summed E-state index contributed by atoms with van der Waals surface area (Å²) in [6.07, 6.45) is 2.42. The molecule has 0 amide bonds. The Morgan fingerprint density at radius 2 is 2.20 bits per heavy atom. The van der Waals surface area contributed by atoms with Crippen LogP contribution < -0.4 is 5.73 Å². The number of aromatic nitrogens is 1. The Hall–Kier alpha value is -0.900. The number of hydrogen-bond acceptors (Lipinski definition) is 3. The molecule has 0 aliphatic heterocycles. The Bertz CT molecular complexity index is 391. The molecule has 1 fully saturated rings. The van der Waals surface area contributed by atoms with E-state index in [-0.39, 0.29) is 6.04 Å². The van der Waals surface area contributed by atoms with Crippen molar-refractivity contribution in [1.29, 1.82) is 0 Å². The molecule has 1 saturated carbocycles. The van der Waals surface area contributed by atoms with E-state index >= 15 is 0 Å². The second-order valence-corrected chi connectivity index (χ2v) is 5.42. The van der Waals surface area contributed by atoms with Gasteiger partial charge in [0.05, 0.1) is 27.5 Å². The van der Waals surface area contributed by atoms with E-state index in [9.17, 15) is 0 Å². The summed E-state index contributed by atoms with van der Waals surface area (Å²) in [5, 5.41) is 1.11. The summed E-state index contributed by atoms with van der Waals surface area (Å²) in [4.78, 5) is 10.2. The standard InChI is InChI=1S/C11H17N3S/c1-6-10(15-8(3)13-6)7(2)14-11(12)9-4-5-9/h7,9H,4-5H2,1-3H3,(H2,12,14). The molecule has 15 heavy (non-hydrogen) atoms. The van der Waals surface area contributed by atoms with Gasteiger partial charge in [-0.05, 0) is 33.6 Å². The smallest absolute Gasteiger partial charge is 0.0976 e. The van der Waals surface area contributed by atoms with Crippen molar-refractivity contribution in [2.45, 2.75) is 39.7 Å². The van der Waals surface area contributed by atoms with Gasteiger partial charge in [0.2, 0.25) is 0 Å². The average molecular weight is 223 g/mol. The maximum Gasteiger partial charge on any atom is 0.0976 e. The maximum atomic E-state index is 5.91. The van der Waals surface area contributed by atoms with Crippen LogP contribution in [0.25, 0.3) is 0 Å². The topological polar surface area (TPSA) is 51.3 Å². The lowest BCUT2D eigenvalue weighted by molar-refractivity contribution is 0.815. The van der Waals surface area contributed by atoms with Crippen molar-refractivity contribution in [3.05, 3.63) is 15.6 Å². The van der Waals surface area contributed by atoms with Crippen molar-refractivity contribution < 1.29 is 0 Å². The predicted octanol–water partition coefficient (Wildman–Crippen LogP) is 2.59. The van der Waals surface area contributed by atoms with E-state index in [0.717, 1.165) is 16.5 Å². The minimum absolute atomic E-state index is 0.164. The van der Waals surface area contributed by atoms with Crippen LogP contribution in [0.5, 0.6) is 0 Å². The molecule has 2 N–H and O–H groups in total. The first kappa shape index (κ1) is 10.6. The molecule has 1 atom stereocenters. The Balaban J connectivity index is 2.16. The zero-order valence-electron chi connectivity index (χ0n) is 9.45. The van der Waals surface area contributed by atoms with Gasteiger partial charge in [0.1, 0.15) is 0 Å². The van der Waals surface area contributed by atoms with E-state index in [0.29, 0.717) is 5.92 Å². The van der Waals surface area contributed by atoms with Gasteiger partial charge in [-0.25, -0.2) is 4.98 Å². The van der Waals surface area contributed by atoms with Gasteiger partial charge >= 0.3 is 0 Å². The van der Waals surface area contributed by atoms with Crippen molar-refractivity contribution in [2.75, 3.05) is 0 Å². The summed E-state index contributed by atoms with van der Waals surface area (Å²) in [5.41, 5.74) is 7.00. The largest absolute Gasteiger partial charge is 0.387 e. The van der Waals surface area contributed by atoms with Gasteiger partial charge in [0.15, 0.2) is 0 Å². The van der Waals surface area contributed by atoms with Crippen molar-refractivity contribution >= 4 is 17.2 Å². The molecule has 4 heteroatoms. The van der Waals surface area contributed by atoms with Crippen LogP contribution in [0.2, 0.25) is 0 Å². The highest BCUT2D eigenvalue weighted by Gasteiger charge is 2.26. The summed E-state index contributed by atoms with van der Waals surface area (Å²) < 4.78 is 0. The third-order valence-electron chi connectivity index (χ3n) is 2.66. The van der Waals surface area contributed by atoms with Crippen molar-refractivity contribution in [3.63, 3.8) is 0 Å². The molecule has 1 aromatic heterocycles. The van der Waals surface area contributed by atoms with Gasteiger partial charge in [-0.3, -0.25) is 4.99 Å². The molecule has 0 aromatic carbocycles. The highest BCUT2D eigenvalue weighted by molar-refractivity contribution is 7.11. The third kappa shape index (κ3) is 2.37. The highest BCUT2D eigenvalue weighted by Crippen LogP contribution is 2.32. The minimum atomic E-state index is 0.164. The molecule has 0 bridgehead atoms. The summed E-state index contributed by atoms with van der Waals surface area (Å²) in [6.45, 7) is 6.16. The van der Waals surface area contributed by atoms with Gasteiger partial charge in [0, 0.05) is 5.92 Å². The average Bonchev–Trinajstić information content (AvgIpc) is 2.92. The molecule has 1 aliphatic rings. The zero-order valence-corrected chi connectivity index (χ0v) is 10.3. The summed E-state index contributed by atoms with van der Waals surface area (Å²) in [5.74, 6) is 1.38. The summed E-state index contributed by atoms with van der Waals surface area (Å²) >= 11 is 1.72. The number of nitrogens with two attached hydrogens (primary N) is 1. The van der Waals surface area contributed by atoms with Crippen LogP contribution in [0.1, 0.15) is 41.4 Å². The Labute approximate surface area is 94.4 Å². The first-order valence-electron chi connectivity index (χ1n) is 5.35. The molecule has 0 saturated heterocycles. The van der Waals surface area contributed by atoms with Crippen LogP contribution >= 0.6 is 11.3 Å². The molecule has 3 nitrogen and oxygen atoms in total. The van der Waals surface area contributed by atoms with Gasteiger partial charge in [-0.15, -0.1) is 11.3 Å². The van der Waals surface area contributed by atoms with E-state index < -0.39 is 0 Å². The molecule has 2 rings (SSSR count). The minimum Gasteiger partial charge on any atom is -0.387 e.